The zero-order valence-corrected chi connectivity index (χ0v) is 13.8. The Morgan fingerprint density at radius 2 is 1.37 bits per heavy atom. The van der Waals surface area contributed by atoms with Crippen LogP contribution in [0.5, 0.6) is 17.2 Å². The number of rotatable bonds is 5. The highest BCUT2D eigenvalue weighted by Crippen LogP contribution is 2.32. The number of halogens is 4. The van der Waals surface area contributed by atoms with Crippen LogP contribution in [0.4, 0.5) is 17.6 Å². The summed E-state index contributed by atoms with van der Waals surface area (Å²) in [5.41, 5.74) is 1.78. The minimum absolute atomic E-state index is 0.295. The second kappa shape index (κ2) is 7.67. The van der Waals surface area contributed by atoms with Crippen molar-refractivity contribution in [3.63, 3.8) is 0 Å². The average Bonchev–Trinajstić information content (AvgIpc) is 2.63. The molecule has 0 aliphatic heterocycles. The van der Waals surface area contributed by atoms with Gasteiger partial charge < -0.3 is 14.6 Å². The summed E-state index contributed by atoms with van der Waals surface area (Å²) in [4.78, 5) is 0. The maximum atomic E-state index is 12.9. The lowest BCUT2D eigenvalue weighted by Crippen LogP contribution is -2.16. The largest absolute Gasteiger partial charge is 0.573 e. The molecule has 3 aromatic rings. The van der Waals surface area contributed by atoms with Crippen LogP contribution in [0.2, 0.25) is 0 Å². The highest BCUT2D eigenvalue weighted by atomic mass is 19.4. The zero-order chi connectivity index (χ0) is 19.4. The van der Waals surface area contributed by atoms with Gasteiger partial charge in [0.15, 0.2) is 0 Å². The Morgan fingerprint density at radius 3 is 1.96 bits per heavy atom. The molecule has 0 unspecified atom stereocenters. The fourth-order valence-electron chi connectivity index (χ4n) is 2.52. The maximum absolute atomic E-state index is 12.9. The Morgan fingerprint density at radius 1 is 0.778 bits per heavy atom. The molecule has 7 heteroatoms. The number of ether oxygens (including phenoxy) is 2. The molecule has 140 valence electrons. The van der Waals surface area contributed by atoms with Crippen molar-refractivity contribution in [1.82, 2.24) is 0 Å². The Labute approximate surface area is 152 Å². The lowest BCUT2D eigenvalue weighted by Gasteiger charge is -2.13. The molecular formula is C20H14F4O3. The number of aliphatic hydroxyl groups excluding tert-OH is 1. The number of hydrogen-bond donors (Lipinski definition) is 1. The van der Waals surface area contributed by atoms with E-state index in [2.05, 4.69) is 4.74 Å². The van der Waals surface area contributed by atoms with E-state index < -0.39 is 6.36 Å². The standard InChI is InChI=1S/C20H14F4O3/c21-15-3-7-16(8-4-15)26-18-9-10-19(14(11-18)12-25)13-1-5-17(6-2-13)27-20(22,23)24/h1-11,25H,12H2. The number of aliphatic hydroxyl groups is 1. The van der Waals surface area contributed by atoms with Crippen molar-refractivity contribution >= 4 is 0 Å². The van der Waals surface area contributed by atoms with E-state index in [1.54, 1.807) is 18.2 Å². The molecule has 3 rings (SSSR count). The van der Waals surface area contributed by atoms with E-state index in [0.717, 1.165) is 0 Å². The van der Waals surface area contributed by atoms with Gasteiger partial charge >= 0.3 is 6.36 Å². The summed E-state index contributed by atoms with van der Waals surface area (Å²) in [7, 11) is 0. The maximum Gasteiger partial charge on any atom is 0.573 e. The van der Waals surface area contributed by atoms with E-state index in [9.17, 15) is 22.7 Å². The van der Waals surface area contributed by atoms with Crippen molar-refractivity contribution in [2.24, 2.45) is 0 Å². The molecule has 3 nitrogen and oxygen atoms in total. The monoisotopic (exact) mass is 378 g/mol. The van der Waals surface area contributed by atoms with Crippen molar-refractivity contribution in [1.29, 1.82) is 0 Å². The van der Waals surface area contributed by atoms with E-state index in [0.29, 0.717) is 28.2 Å². The molecule has 0 radical (unpaired) electrons. The van der Waals surface area contributed by atoms with Gasteiger partial charge in [-0.05, 0) is 65.2 Å². The minimum Gasteiger partial charge on any atom is -0.457 e. The molecule has 0 aliphatic rings. The Kier molecular flexibility index (Phi) is 5.32. The van der Waals surface area contributed by atoms with Crippen molar-refractivity contribution < 1.29 is 32.1 Å². The molecule has 3 aromatic carbocycles. The van der Waals surface area contributed by atoms with Crippen LogP contribution in [0.15, 0.2) is 66.7 Å². The molecule has 0 amide bonds. The molecule has 0 atom stereocenters. The second-order valence-electron chi connectivity index (χ2n) is 5.61. The van der Waals surface area contributed by atoms with Crippen LogP contribution in [0.3, 0.4) is 0 Å². The van der Waals surface area contributed by atoms with Gasteiger partial charge in [-0.25, -0.2) is 4.39 Å². The number of hydrogen-bond acceptors (Lipinski definition) is 3. The molecular weight excluding hydrogens is 364 g/mol. The Bertz CT molecular complexity index is 904. The highest BCUT2D eigenvalue weighted by Gasteiger charge is 2.31. The summed E-state index contributed by atoms with van der Waals surface area (Å²) in [5.74, 6) is 0.160. The fourth-order valence-corrected chi connectivity index (χ4v) is 2.52. The number of benzene rings is 3. The van der Waals surface area contributed by atoms with Crippen LogP contribution in [-0.4, -0.2) is 11.5 Å². The van der Waals surface area contributed by atoms with E-state index in [1.165, 1.54) is 48.5 Å². The summed E-state index contributed by atoms with van der Waals surface area (Å²) in [5, 5.41) is 9.64. The van der Waals surface area contributed by atoms with Crippen LogP contribution in [-0.2, 0) is 6.61 Å². The quantitative estimate of drug-likeness (QED) is 0.581. The normalized spacial score (nSPS) is 11.3. The highest BCUT2D eigenvalue weighted by molar-refractivity contribution is 5.69. The molecule has 0 spiro atoms. The molecule has 0 fully saturated rings. The van der Waals surface area contributed by atoms with E-state index >= 15 is 0 Å². The molecule has 0 saturated heterocycles. The molecule has 0 saturated carbocycles. The first-order valence-corrected chi connectivity index (χ1v) is 7.87. The summed E-state index contributed by atoms with van der Waals surface area (Å²) >= 11 is 0. The van der Waals surface area contributed by atoms with E-state index in [-0.39, 0.29) is 18.2 Å². The number of alkyl halides is 3. The minimum atomic E-state index is -4.75. The predicted octanol–water partition coefficient (Wildman–Crippen LogP) is 5.68. The second-order valence-corrected chi connectivity index (χ2v) is 5.61. The van der Waals surface area contributed by atoms with Gasteiger partial charge in [-0.1, -0.05) is 18.2 Å². The van der Waals surface area contributed by atoms with Crippen LogP contribution < -0.4 is 9.47 Å². The van der Waals surface area contributed by atoms with E-state index in [1.807, 2.05) is 0 Å². The van der Waals surface area contributed by atoms with Gasteiger partial charge in [0, 0.05) is 0 Å². The fraction of sp³-hybridized carbons (Fsp3) is 0.100. The van der Waals surface area contributed by atoms with Crippen molar-refractivity contribution in [2.75, 3.05) is 0 Å². The molecule has 0 bridgehead atoms. The molecule has 0 heterocycles. The van der Waals surface area contributed by atoms with Gasteiger partial charge in [0.2, 0.25) is 0 Å². The van der Waals surface area contributed by atoms with Gasteiger partial charge in [-0.15, -0.1) is 13.2 Å². The third-order valence-electron chi connectivity index (χ3n) is 3.70. The first-order valence-electron chi connectivity index (χ1n) is 7.87. The van der Waals surface area contributed by atoms with Crippen LogP contribution in [0, 0.1) is 5.82 Å². The Balaban J connectivity index is 1.82. The summed E-state index contributed by atoms with van der Waals surface area (Å²) in [6.45, 7) is -0.295. The van der Waals surface area contributed by atoms with Gasteiger partial charge in [-0.3, -0.25) is 0 Å². The Hall–Kier alpha value is -3.06. The van der Waals surface area contributed by atoms with Gasteiger partial charge in [-0.2, -0.15) is 0 Å². The van der Waals surface area contributed by atoms with Gasteiger partial charge in [0.05, 0.1) is 6.61 Å². The first-order chi connectivity index (χ1) is 12.8. The average molecular weight is 378 g/mol. The molecule has 0 aliphatic carbocycles. The smallest absolute Gasteiger partial charge is 0.457 e. The predicted molar refractivity (Wildman–Crippen MR) is 91.0 cm³/mol. The van der Waals surface area contributed by atoms with Gasteiger partial charge in [0.25, 0.3) is 0 Å². The van der Waals surface area contributed by atoms with Crippen LogP contribution in [0.25, 0.3) is 11.1 Å². The van der Waals surface area contributed by atoms with Crippen molar-refractivity contribution in [2.45, 2.75) is 13.0 Å². The van der Waals surface area contributed by atoms with E-state index in [4.69, 9.17) is 4.74 Å². The lowest BCUT2D eigenvalue weighted by atomic mass is 9.99. The van der Waals surface area contributed by atoms with Crippen LogP contribution in [0.1, 0.15) is 5.56 Å². The summed E-state index contributed by atoms with van der Waals surface area (Å²) in [6, 6.07) is 15.8. The first kappa shape index (κ1) is 18.7. The van der Waals surface area contributed by atoms with Gasteiger partial charge in [0.1, 0.15) is 23.1 Å². The molecule has 27 heavy (non-hydrogen) atoms. The zero-order valence-electron chi connectivity index (χ0n) is 13.8. The SMILES string of the molecule is OCc1cc(Oc2ccc(F)cc2)ccc1-c1ccc(OC(F)(F)F)cc1. The van der Waals surface area contributed by atoms with Crippen LogP contribution >= 0.6 is 0 Å². The third-order valence-corrected chi connectivity index (χ3v) is 3.70. The molecule has 0 aromatic heterocycles. The summed E-state index contributed by atoms with van der Waals surface area (Å²) in [6.07, 6.45) is -4.75. The van der Waals surface area contributed by atoms with Crippen molar-refractivity contribution in [3.8, 4) is 28.4 Å². The topological polar surface area (TPSA) is 38.7 Å². The van der Waals surface area contributed by atoms with Crippen molar-refractivity contribution in [3.05, 3.63) is 78.1 Å². The summed E-state index contributed by atoms with van der Waals surface area (Å²) < 4.78 is 59.1. The molecule has 1 N–H and O–H groups in total. The third kappa shape index (κ3) is 4.98. The lowest BCUT2D eigenvalue weighted by molar-refractivity contribution is -0.274.